The van der Waals surface area contributed by atoms with Crippen molar-refractivity contribution in [2.75, 3.05) is 18.0 Å². The molecule has 0 aliphatic carbocycles. The van der Waals surface area contributed by atoms with Crippen molar-refractivity contribution < 1.29 is 4.39 Å². The second-order valence-corrected chi connectivity index (χ2v) is 5.00. The van der Waals surface area contributed by atoms with Crippen LogP contribution in [0, 0.1) is 5.82 Å². The Morgan fingerprint density at radius 2 is 2.00 bits per heavy atom. The van der Waals surface area contributed by atoms with Crippen LogP contribution < -0.4 is 10.6 Å². The Kier molecular flexibility index (Phi) is 4.87. The molecular weight excluding hydrogens is 309 g/mol. The summed E-state index contributed by atoms with van der Waals surface area (Å²) in [6.07, 6.45) is 2.47. The van der Waals surface area contributed by atoms with E-state index in [2.05, 4.69) is 20.9 Å². The zero-order valence-corrected chi connectivity index (χ0v) is 12.0. The maximum atomic E-state index is 13.9. The fourth-order valence-electron chi connectivity index (χ4n) is 1.81. The molecule has 0 saturated carbocycles. The van der Waals surface area contributed by atoms with E-state index in [4.69, 9.17) is 5.73 Å². The molecule has 2 rings (SSSR count). The van der Waals surface area contributed by atoms with E-state index in [9.17, 15) is 4.39 Å². The molecule has 0 aliphatic rings. The topological polar surface area (TPSA) is 42.1 Å². The zero-order chi connectivity index (χ0) is 13.7. The van der Waals surface area contributed by atoms with Crippen LogP contribution in [0.5, 0.6) is 0 Å². The van der Waals surface area contributed by atoms with Gasteiger partial charge in [0, 0.05) is 17.2 Å². The van der Waals surface area contributed by atoms with Crippen molar-refractivity contribution in [1.29, 1.82) is 0 Å². The Morgan fingerprint density at radius 1 is 1.21 bits per heavy atom. The number of rotatable bonds is 5. The Bertz CT molecular complexity index is 530. The summed E-state index contributed by atoms with van der Waals surface area (Å²) < 4.78 is 14.8. The minimum atomic E-state index is -0.260. The largest absolute Gasteiger partial charge is 0.330 e. The van der Waals surface area contributed by atoms with Gasteiger partial charge in [-0.05, 0) is 53.2 Å². The first-order chi connectivity index (χ1) is 9.22. The molecule has 0 unspecified atom stereocenters. The maximum Gasteiger partial charge on any atom is 0.146 e. The number of halogens is 2. The highest BCUT2D eigenvalue weighted by Gasteiger charge is 2.13. The Hall–Kier alpha value is -1.46. The SMILES string of the molecule is NCCCN(c1ccc(Br)cn1)c1ccccc1F. The molecule has 0 bridgehead atoms. The number of hydrogen-bond acceptors (Lipinski definition) is 3. The highest BCUT2D eigenvalue weighted by atomic mass is 79.9. The monoisotopic (exact) mass is 323 g/mol. The lowest BCUT2D eigenvalue weighted by Crippen LogP contribution is -2.22. The molecule has 19 heavy (non-hydrogen) atoms. The lowest BCUT2D eigenvalue weighted by Gasteiger charge is -2.24. The molecule has 3 nitrogen and oxygen atoms in total. The quantitative estimate of drug-likeness (QED) is 0.916. The number of nitrogens with two attached hydrogens (primary N) is 1. The van der Waals surface area contributed by atoms with Gasteiger partial charge in [-0.3, -0.25) is 0 Å². The fourth-order valence-corrected chi connectivity index (χ4v) is 2.04. The average Bonchev–Trinajstić information content (AvgIpc) is 2.43. The molecule has 1 heterocycles. The van der Waals surface area contributed by atoms with Crippen molar-refractivity contribution in [3.8, 4) is 0 Å². The van der Waals surface area contributed by atoms with Crippen molar-refractivity contribution >= 4 is 27.4 Å². The van der Waals surface area contributed by atoms with Gasteiger partial charge < -0.3 is 10.6 Å². The van der Waals surface area contributed by atoms with E-state index in [1.165, 1.54) is 6.07 Å². The normalized spacial score (nSPS) is 10.5. The molecule has 0 atom stereocenters. The molecule has 1 aromatic carbocycles. The van der Waals surface area contributed by atoms with Gasteiger partial charge in [0.15, 0.2) is 0 Å². The van der Waals surface area contributed by atoms with E-state index in [0.717, 1.165) is 10.9 Å². The number of hydrogen-bond donors (Lipinski definition) is 1. The van der Waals surface area contributed by atoms with Gasteiger partial charge in [0.05, 0.1) is 5.69 Å². The van der Waals surface area contributed by atoms with Crippen LogP contribution in [-0.2, 0) is 0 Å². The van der Waals surface area contributed by atoms with E-state index >= 15 is 0 Å². The Morgan fingerprint density at radius 3 is 2.63 bits per heavy atom. The smallest absolute Gasteiger partial charge is 0.146 e. The third-order valence-electron chi connectivity index (χ3n) is 2.72. The molecule has 0 saturated heterocycles. The van der Waals surface area contributed by atoms with Crippen molar-refractivity contribution in [3.63, 3.8) is 0 Å². The van der Waals surface area contributed by atoms with Gasteiger partial charge in [0.25, 0.3) is 0 Å². The third-order valence-corrected chi connectivity index (χ3v) is 3.19. The van der Waals surface area contributed by atoms with Gasteiger partial charge in [-0.25, -0.2) is 9.37 Å². The molecule has 2 aromatic rings. The van der Waals surface area contributed by atoms with Crippen LogP contribution in [-0.4, -0.2) is 18.1 Å². The molecule has 100 valence electrons. The number of anilines is 2. The van der Waals surface area contributed by atoms with Crippen LogP contribution in [0.2, 0.25) is 0 Å². The molecular formula is C14H15BrFN3. The van der Waals surface area contributed by atoms with E-state index in [-0.39, 0.29) is 5.82 Å². The van der Waals surface area contributed by atoms with Crippen LogP contribution >= 0.6 is 15.9 Å². The molecule has 5 heteroatoms. The highest BCUT2D eigenvalue weighted by molar-refractivity contribution is 9.10. The molecule has 0 aliphatic heterocycles. The lowest BCUT2D eigenvalue weighted by molar-refractivity contribution is 0.623. The lowest BCUT2D eigenvalue weighted by atomic mass is 10.2. The Labute approximate surface area is 120 Å². The number of benzene rings is 1. The van der Waals surface area contributed by atoms with Gasteiger partial charge in [0.1, 0.15) is 11.6 Å². The molecule has 1 aromatic heterocycles. The summed E-state index contributed by atoms with van der Waals surface area (Å²) in [7, 11) is 0. The first-order valence-electron chi connectivity index (χ1n) is 6.06. The first-order valence-corrected chi connectivity index (χ1v) is 6.85. The first kappa shape index (κ1) is 14.0. The van der Waals surface area contributed by atoms with Gasteiger partial charge in [-0.1, -0.05) is 12.1 Å². The molecule has 0 radical (unpaired) electrons. The predicted octanol–water partition coefficient (Wildman–Crippen LogP) is 3.47. The summed E-state index contributed by atoms with van der Waals surface area (Å²) in [5.41, 5.74) is 6.07. The molecule has 0 spiro atoms. The summed E-state index contributed by atoms with van der Waals surface area (Å²) in [6.45, 7) is 1.19. The highest BCUT2D eigenvalue weighted by Crippen LogP contribution is 2.27. The van der Waals surface area contributed by atoms with E-state index in [0.29, 0.717) is 24.6 Å². The Balaban J connectivity index is 2.35. The zero-order valence-electron chi connectivity index (χ0n) is 10.4. The van der Waals surface area contributed by atoms with E-state index < -0.39 is 0 Å². The van der Waals surface area contributed by atoms with Crippen molar-refractivity contribution in [2.24, 2.45) is 5.73 Å². The minimum Gasteiger partial charge on any atom is -0.330 e. The average molecular weight is 324 g/mol. The molecule has 2 N–H and O–H groups in total. The summed E-state index contributed by atoms with van der Waals surface area (Å²) >= 11 is 3.34. The summed E-state index contributed by atoms with van der Waals surface area (Å²) in [5.74, 6) is 0.450. The van der Waals surface area contributed by atoms with Gasteiger partial charge in [0.2, 0.25) is 0 Å². The second-order valence-electron chi connectivity index (χ2n) is 4.08. The summed E-state index contributed by atoms with van der Waals surface area (Å²) in [5, 5.41) is 0. The van der Waals surface area contributed by atoms with Gasteiger partial charge >= 0.3 is 0 Å². The van der Waals surface area contributed by atoms with Crippen LogP contribution in [0.4, 0.5) is 15.9 Å². The third kappa shape index (κ3) is 3.52. The summed E-state index contributed by atoms with van der Waals surface area (Å²) in [6, 6.07) is 10.4. The number of pyridine rings is 1. The second kappa shape index (κ2) is 6.63. The molecule has 0 amide bonds. The number of para-hydroxylation sites is 1. The summed E-state index contributed by atoms with van der Waals surface area (Å²) in [4.78, 5) is 6.16. The van der Waals surface area contributed by atoms with E-state index in [1.54, 1.807) is 18.3 Å². The number of nitrogens with zero attached hydrogens (tertiary/aromatic N) is 2. The van der Waals surface area contributed by atoms with Crippen molar-refractivity contribution in [1.82, 2.24) is 4.98 Å². The maximum absolute atomic E-state index is 13.9. The van der Waals surface area contributed by atoms with Gasteiger partial charge in [-0.2, -0.15) is 0 Å². The fraction of sp³-hybridized carbons (Fsp3) is 0.214. The minimum absolute atomic E-state index is 0.260. The van der Waals surface area contributed by atoms with Crippen LogP contribution in [0.25, 0.3) is 0 Å². The van der Waals surface area contributed by atoms with Crippen LogP contribution in [0.15, 0.2) is 47.1 Å². The van der Waals surface area contributed by atoms with Gasteiger partial charge in [-0.15, -0.1) is 0 Å². The van der Waals surface area contributed by atoms with E-state index in [1.807, 2.05) is 23.1 Å². The molecule has 0 fully saturated rings. The predicted molar refractivity (Wildman–Crippen MR) is 79.0 cm³/mol. The van der Waals surface area contributed by atoms with Crippen LogP contribution in [0.3, 0.4) is 0 Å². The van der Waals surface area contributed by atoms with Crippen LogP contribution in [0.1, 0.15) is 6.42 Å². The van der Waals surface area contributed by atoms with Crippen molar-refractivity contribution in [2.45, 2.75) is 6.42 Å². The number of aromatic nitrogens is 1. The van der Waals surface area contributed by atoms with Crippen molar-refractivity contribution in [3.05, 3.63) is 52.9 Å². The standard InChI is InChI=1S/C14H15BrFN3/c15-11-6-7-14(18-10-11)19(9-3-8-17)13-5-2-1-4-12(13)16/h1-2,4-7,10H,3,8-9,17H2.